The Morgan fingerprint density at radius 1 is 1.50 bits per heavy atom. The van der Waals surface area contributed by atoms with Crippen LogP contribution in [-0.4, -0.2) is 49.7 Å². The number of hydrogen-bond donors (Lipinski definition) is 1. The summed E-state index contributed by atoms with van der Waals surface area (Å²) in [5, 5.41) is 3.36. The highest BCUT2D eigenvalue weighted by Crippen LogP contribution is 2.20. The van der Waals surface area contributed by atoms with Crippen LogP contribution < -0.4 is 5.32 Å². The number of ether oxygens (including phenoxy) is 1. The molecule has 1 saturated heterocycles. The zero-order chi connectivity index (χ0) is 13.5. The van der Waals surface area contributed by atoms with Crippen LogP contribution in [-0.2, 0) is 9.53 Å². The first kappa shape index (κ1) is 15.4. The predicted molar refractivity (Wildman–Crippen MR) is 73.5 cm³/mol. The molecule has 4 heteroatoms. The highest BCUT2D eigenvalue weighted by Gasteiger charge is 2.26. The minimum absolute atomic E-state index is 0.178. The first-order chi connectivity index (χ1) is 8.58. The van der Waals surface area contributed by atoms with Gasteiger partial charge in [-0.2, -0.15) is 0 Å². The molecule has 0 aromatic rings. The molecule has 1 rings (SSSR count). The van der Waals surface area contributed by atoms with Crippen LogP contribution in [0, 0.1) is 5.92 Å². The number of nitrogens with one attached hydrogen (secondary N) is 1. The average Bonchev–Trinajstić information content (AvgIpc) is 2.38. The van der Waals surface area contributed by atoms with E-state index in [1.54, 1.807) is 0 Å². The molecule has 1 fully saturated rings. The zero-order valence-electron chi connectivity index (χ0n) is 12.2. The summed E-state index contributed by atoms with van der Waals surface area (Å²) < 4.78 is 4.75. The Kier molecular flexibility index (Phi) is 6.65. The molecule has 1 N–H and O–H groups in total. The maximum absolute atomic E-state index is 11.4. The summed E-state index contributed by atoms with van der Waals surface area (Å²) >= 11 is 0. The minimum atomic E-state index is -0.216. The second-order valence-electron chi connectivity index (χ2n) is 5.40. The number of nitrogens with zero attached hydrogens (tertiary/aromatic N) is 1. The van der Waals surface area contributed by atoms with Crippen molar-refractivity contribution in [2.45, 2.75) is 52.1 Å². The summed E-state index contributed by atoms with van der Waals surface area (Å²) in [4.78, 5) is 13.9. The fourth-order valence-corrected chi connectivity index (χ4v) is 2.79. The number of methoxy groups -OCH3 is 1. The van der Waals surface area contributed by atoms with E-state index < -0.39 is 0 Å². The number of rotatable bonds is 6. The zero-order valence-corrected chi connectivity index (χ0v) is 12.2. The molecule has 3 unspecified atom stereocenters. The Balaban J connectivity index is 2.40. The van der Waals surface area contributed by atoms with Crippen molar-refractivity contribution in [1.29, 1.82) is 0 Å². The fourth-order valence-electron chi connectivity index (χ4n) is 2.79. The Hall–Kier alpha value is -0.610. The normalized spacial score (nSPS) is 24.6. The Morgan fingerprint density at radius 3 is 2.83 bits per heavy atom. The summed E-state index contributed by atoms with van der Waals surface area (Å²) in [5.74, 6) is 0.459. The lowest BCUT2D eigenvalue weighted by atomic mass is 9.91. The number of likely N-dealkylation sites (tertiary alicyclic amines) is 1. The van der Waals surface area contributed by atoms with Gasteiger partial charge in [0.1, 0.15) is 6.04 Å². The van der Waals surface area contributed by atoms with Crippen LogP contribution in [0.25, 0.3) is 0 Å². The molecular formula is C14H28N2O2. The minimum Gasteiger partial charge on any atom is -0.468 e. The molecular weight excluding hydrogens is 228 g/mol. The molecule has 106 valence electrons. The number of carbonyl (C=O) groups excluding carboxylic acids is 1. The number of hydrogen-bond acceptors (Lipinski definition) is 4. The van der Waals surface area contributed by atoms with Gasteiger partial charge in [-0.3, -0.25) is 4.79 Å². The molecule has 0 spiro atoms. The van der Waals surface area contributed by atoms with Crippen LogP contribution in [0.15, 0.2) is 0 Å². The Labute approximate surface area is 111 Å². The van der Waals surface area contributed by atoms with Gasteiger partial charge in [0.05, 0.1) is 7.11 Å². The van der Waals surface area contributed by atoms with Crippen LogP contribution in [0.5, 0.6) is 0 Å². The van der Waals surface area contributed by atoms with Crippen molar-refractivity contribution in [3.63, 3.8) is 0 Å². The molecule has 0 bridgehead atoms. The van der Waals surface area contributed by atoms with Crippen molar-refractivity contribution < 1.29 is 9.53 Å². The third-order valence-corrected chi connectivity index (χ3v) is 3.86. The van der Waals surface area contributed by atoms with E-state index in [4.69, 9.17) is 4.74 Å². The second kappa shape index (κ2) is 7.74. The van der Waals surface area contributed by atoms with E-state index in [1.807, 2.05) is 6.92 Å². The van der Waals surface area contributed by atoms with Gasteiger partial charge in [-0.25, -0.2) is 0 Å². The van der Waals surface area contributed by atoms with E-state index >= 15 is 0 Å². The summed E-state index contributed by atoms with van der Waals surface area (Å²) in [7, 11) is 1.44. The molecule has 4 nitrogen and oxygen atoms in total. The van der Waals surface area contributed by atoms with E-state index in [1.165, 1.54) is 39.5 Å². The van der Waals surface area contributed by atoms with E-state index in [-0.39, 0.29) is 12.0 Å². The van der Waals surface area contributed by atoms with Crippen molar-refractivity contribution in [1.82, 2.24) is 10.2 Å². The first-order valence-corrected chi connectivity index (χ1v) is 7.14. The maximum Gasteiger partial charge on any atom is 0.322 e. The van der Waals surface area contributed by atoms with Crippen LogP contribution in [0.2, 0.25) is 0 Å². The topological polar surface area (TPSA) is 41.6 Å². The van der Waals surface area contributed by atoms with Gasteiger partial charge >= 0.3 is 5.97 Å². The van der Waals surface area contributed by atoms with Crippen LogP contribution >= 0.6 is 0 Å². The van der Waals surface area contributed by atoms with E-state index in [0.717, 1.165) is 6.54 Å². The standard InChI is InChI=1S/C14H28N2O2/c1-5-8-16-9-6-7-13(10-16)11(2)15-12(3)14(17)18-4/h11-13,15H,5-10H2,1-4H3. The number of carbonyl (C=O) groups is 1. The van der Waals surface area contributed by atoms with Crippen molar-refractivity contribution in [3.8, 4) is 0 Å². The van der Waals surface area contributed by atoms with Crippen LogP contribution in [0.1, 0.15) is 40.0 Å². The van der Waals surface area contributed by atoms with E-state index in [0.29, 0.717) is 12.0 Å². The molecule has 0 radical (unpaired) electrons. The predicted octanol–water partition coefficient (Wildman–Crippen LogP) is 1.65. The highest BCUT2D eigenvalue weighted by molar-refractivity contribution is 5.75. The molecule has 0 aliphatic carbocycles. The fraction of sp³-hybridized carbons (Fsp3) is 0.929. The number of piperidine rings is 1. The monoisotopic (exact) mass is 256 g/mol. The maximum atomic E-state index is 11.4. The molecule has 0 aromatic heterocycles. The van der Waals surface area contributed by atoms with Gasteiger partial charge in [0.2, 0.25) is 0 Å². The molecule has 1 aliphatic rings. The van der Waals surface area contributed by atoms with Gasteiger partial charge in [0.15, 0.2) is 0 Å². The summed E-state index contributed by atoms with van der Waals surface area (Å²) in [5.41, 5.74) is 0. The van der Waals surface area contributed by atoms with Gasteiger partial charge in [0, 0.05) is 12.6 Å². The van der Waals surface area contributed by atoms with Crippen LogP contribution in [0.4, 0.5) is 0 Å². The Morgan fingerprint density at radius 2 is 2.22 bits per heavy atom. The quantitative estimate of drug-likeness (QED) is 0.734. The molecule has 1 heterocycles. The highest BCUT2D eigenvalue weighted by atomic mass is 16.5. The Bertz CT molecular complexity index is 256. The summed E-state index contributed by atoms with van der Waals surface area (Å²) in [6, 6.07) is 0.144. The smallest absolute Gasteiger partial charge is 0.322 e. The summed E-state index contributed by atoms with van der Waals surface area (Å²) in [6.45, 7) is 9.84. The van der Waals surface area contributed by atoms with Gasteiger partial charge in [-0.1, -0.05) is 6.92 Å². The van der Waals surface area contributed by atoms with Crippen molar-refractivity contribution in [3.05, 3.63) is 0 Å². The molecule has 1 aliphatic heterocycles. The molecule has 0 aromatic carbocycles. The first-order valence-electron chi connectivity index (χ1n) is 7.14. The lowest BCUT2D eigenvalue weighted by Crippen LogP contribution is -2.49. The molecule has 3 atom stereocenters. The van der Waals surface area contributed by atoms with Crippen molar-refractivity contribution >= 4 is 5.97 Å². The SMILES string of the molecule is CCCN1CCCC(C(C)NC(C)C(=O)OC)C1. The van der Waals surface area contributed by atoms with Crippen molar-refractivity contribution in [2.75, 3.05) is 26.7 Å². The van der Waals surface area contributed by atoms with Gasteiger partial charge in [0.25, 0.3) is 0 Å². The third kappa shape index (κ3) is 4.58. The van der Waals surface area contributed by atoms with E-state index in [2.05, 4.69) is 24.1 Å². The number of esters is 1. The average molecular weight is 256 g/mol. The molecule has 0 saturated carbocycles. The third-order valence-electron chi connectivity index (χ3n) is 3.86. The largest absolute Gasteiger partial charge is 0.468 e. The lowest BCUT2D eigenvalue weighted by molar-refractivity contribution is -0.143. The van der Waals surface area contributed by atoms with Gasteiger partial charge in [-0.05, 0) is 52.1 Å². The van der Waals surface area contributed by atoms with Crippen LogP contribution in [0.3, 0.4) is 0 Å². The van der Waals surface area contributed by atoms with Crippen molar-refractivity contribution in [2.24, 2.45) is 5.92 Å². The van der Waals surface area contributed by atoms with E-state index in [9.17, 15) is 4.79 Å². The molecule has 0 amide bonds. The van der Waals surface area contributed by atoms with Gasteiger partial charge < -0.3 is 15.0 Å². The molecule has 18 heavy (non-hydrogen) atoms. The van der Waals surface area contributed by atoms with Gasteiger partial charge in [-0.15, -0.1) is 0 Å². The summed E-state index contributed by atoms with van der Waals surface area (Å²) in [6.07, 6.45) is 3.73. The lowest BCUT2D eigenvalue weighted by Gasteiger charge is -2.36. The second-order valence-corrected chi connectivity index (χ2v) is 5.40.